The molecule has 1 heterocycles. The first-order valence-electron chi connectivity index (χ1n) is 8.52. The van der Waals surface area contributed by atoms with Crippen LogP contribution in [0, 0.1) is 5.82 Å². The summed E-state index contributed by atoms with van der Waals surface area (Å²) in [4.78, 5) is 18.4. The predicted molar refractivity (Wildman–Crippen MR) is 106 cm³/mol. The van der Waals surface area contributed by atoms with Crippen molar-refractivity contribution in [3.05, 3.63) is 64.9 Å². The number of benzene rings is 2. The van der Waals surface area contributed by atoms with Crippen LogP contribution in [0.4, 0.5) is 28.9 Å². The van der Waals surface area contributed by atoms with Gasteiger partial charge in [-0.2, -0.15) is 13.2 Å². The Morgan fingerprint density at radius 2 is 1.83 bits per heavy atom. The Morgan fingerprint density at radius 1 is 1.14 bits per heavy atom. The maximum absolute atomic E-state index is 13.0. The maximum atomic E-state index is 13.0. The Balaban J connectivity index is 1.76. The summed E-state index contributed by atoms with van der Waals surface area (Å²) in [6.45, 7) is 0. The van der Waals surface area contributed by atoms with E-state index in [2.05, 4.69) is 10.3 Å². The van der Waals surface area contributed by atoms with Gasteiger partial charge in [0.25, 0.3) is 0 Å². The van der Waals surface area contributed by atoms with Gasteiger partial charge in [-0.15, -0.1) is 11.3 Å². The number of hydrogen-bond donors (Lipinski definition) is 1. The zero-order valence-electron chi connectivity index (χ0n) is 15.5. The third-order valence-electron chi connectivity index (χ3n) is 4.06. The second-order valence-electron chi connectivity index (χ2n) is 6.50. The summed E-state index contributed by atoms with van der Waals surface area (Å²) in [6, 6.07) is 9.01. The van der Waals surface area contributed by atoms with Crippen molar-refractivity contribution in [2.45, 2.75) is 12.6 Å². The van der Waals surface area contributed by atoms with Gasteiger partial charge in [0, 0.05) is 25.0 Å². The van der Waals surface area contributed by atoms with Gasteiger partial charge < -0.3 is 10.2 Å². The van der Waals surface area contributed by atoms with Gasteiger partial charge in [0.2, 0.25) is 5.91 Å². The molecule has 0 spiro atoms. The molecule has 0 aliphatic carbocycles. The molecular weight excluding hydrogens is 406 g/mol. The molecule has 0 atom stereocenters. The summed E-state index contributed by atoms with van der Waals surface area (Å²) < 4.78 is 52.1. The number of nitrogens with zero attached hydrogens (tertiary/aromatic N) is 2. The van der Waals surface area contributed by atoms with E-state index in [1.54, 1.807) is 36.5 Å². The van der Waals surface area contributed by atoms with Crippen molar-refractivity contribution in [1.82, 2.24) is 4.98 Å². The molecule has 0 aliphatic rings. The first kappa shape index (κ1) is 20.8. The molecule has 29 heavy (non-hydrogen) atoms. The number of amides is 1. The number of thiazole rings is 1. The average molecular weight is 423 g/mol. The van der Waals surface area contributed by atoms with Crippen molar-refractivity contribution in [3.63, 3.8) is 0 Å². The minimum absolute atomic E-state index is 0.0730. The first-order valence-corrected chi connectivity index (χ1v) is 9.40. The number of halogens is 4. The summed E-state index contributed by atoms with van der Waals surface area (Å²) in [5.74, 6) is -0.842. The van der Waals surface area contributed by atoms with Gasteiger partial charge in [-0.3, -0.25) is 4.79 Å². The molecule has 0 saturated heterocycles. The summed E-state index contributed by atoms with van der Waals surface area (Å²) in [7, 11) is 3.35. The van der Waals surface area contributed by atoms with Crippen LogP contribution in [0.15, 0.2) is 47.8 Å². The first-order chi connectivity index (χ1) is 13.6. The molecule has 2 aromatic carbocycles. The monoisotopic (exact) mass is 423 g/mol. The highest BCUT2D eigenvalue weighted by Gasteiger charge is 2.31. The molecule has 0 saturated carbocycles. The molecule has 1 N–H and O–H groups in total. The number of hydrogen-bond acceptors (Lipinski definition) is 4. The number of rotatable bonds is 5. The number of aromatic nitrogens is 1. The number of anilines is 2. The van der Waals surface area contributed by atoms with Crippen LogP contribution in [0.3, 0.4) is 0 Å². The van der Waals surface area contributed by atoms with Crippen LogP contribution in [0.25, 0.3) is 10.6 Å². The zero-order valence-corrected chi connectivity index (χ0v) is 16.4. The van der Waals surface area contributed by atoms with Crippen molar-refractivity contribution >= 4 is 28.6 Å². The number of nitrogens with one attached hydrogen (secondary N) is 1. The van der Waals surface area contributed by atoms with Crippen LogP contribution in [-0.4, -0.2) is 25.0 Å². The highest BCUT2D eigenvalue weighted by Crippen LogP contribution is 2.35. The lowest BCUT2D eigenvalue weighted by Crippen LogP contribution is -2.19. The second kappa shape index (κ2) is 8.20. The SMILES string of the molecule is CN(C)c1ccc(C(F)(F)F)cc1NC(=O)Cc1csc(-c2ccc(F)cc2)n1. The van der Waals surface area contributed by atoms with E-state index >= 15 is 0 Å². The third kappa shape index (κ3) is 5.11. The topological polar surface area (TPSA) is 45.2 Å². The normalized spacial score (nSPS) is 11.4. The third-order valence-corrected chi connectivity index (χ3v) is 5.00. The highest BCUT2D eigenvalue weighted by atomic mass is 32.1. The van der Waals surface area contributed by atoms with Crippen molar-refractivity contribution in [3.8, 4) is 10.6 Å². The molecule has 0 unspecified atom stereocenters. The van der Waals surface area contributed by atoms with Crippen LogP contribution >= 0.6 is 11.3 Å². The van der Waals surface area contributed by atoms with Crippen LogP contribution in [0.2, 0.25) is 0 Å². The summed E-state index contributed by atoms with van der Waals surface area (Å²) >= 11 is 1.30. The molecule has 9 heteroatoms. The van der Waals surface area contributed by atoms with E-state index in [9.17, 15) is 22.4 Å². The van der Waals surface area contributed by atoms with Gasteiger partial charge in [0.15, 0.2) is 0 Å². The van der Waals surface area contributed by atoms with E-state index < -0.39 is 17.6 Å². The Kier molecular flexibility index (Phi) is 5.88. The fraction of sp³-hybridized carbons (Fsp3) is 0.200. The van der Waals surface area contributed by atoms with Crippen molar-refractivity contribution in [2.24, 2.45) is 0 Å². The lowest BCUT2D eigenvalue weighted by atomic mass is 10.1. The smallest absolute Gasteiger partial charge is 0.376 e. The summed E-state index contributed by atoms with van der Waals surface area (Å²) in [5, 5.41) is 4.86. The molecule has 0 fully saturated rings. The van der Waals surface area contributed by atoms with E-state index in [0.29, 0.717) is 16.4 Å². The van der Waals surface area contributed by atoms with E-state index in [1.807, 2.05) is 0 Å². The van der Waals surface area contributed by atoms with Crippen LogP contribution in [-0.2, 0) is 17.4 Å². The maximum Gasteiger partial charge on any atom is 0.416 e. The van der Waals surface area contributed by atoms with Crippen molar-refractivity contribution in [1.29, 1.82) is 0 Å². The molecule has 3 rings (SSSR count). The van der Waals surface area contributed by atoms with E-state index in [4.69, 9.17) is 0 Å². The van der Waals surface area contributed by atoms with E-state index in [-0.39, 0.29) is 17.9 Å². The molecule has 0 bridgehead atoms. The highest BCUT2D eigenvalue weighted by molar-refractivity contribution is 7.13. The number of alkyl halides is 3. The van der Waals surface area contributed by atoms with Gasteiger partial charge in [-0.25, -0.2) is 9.37 Å². The van der Waals surface area contributed by atoms with Crippen molar-refractivity contribution < 1.29 is 22.4 Å². The predicted octanol–water partition coefficient (Wildman–Crippen LogP) is 5.22. The average Bonchev–Trinajstić information content (AvgIpc) is 3.09. The van der Waals surface area contributed by atoms with E-state index in [1.165, 1.54) is 29.5 Å². The molecule has 4 nitrogen and oxygen atoms in total. The molecular formula is C20H17F4N3OS. The van der Waals surface area contributed by atoms with Gasteiger partial charge >= 0.3 is 6.18 Å². The molecule has 3 aromatic rings. The lowest BCUT2D eigenvalue weighted by molar-refractivity contribution is -0.137. The Morgan fingerprint density at radius 3 is 2.45 bits per heavy atom. The molecule has 1 amide bonds. The number of carbonyl (C=O) groups excluding carboxylic acids is 1. The minimum atomic E-state index is -4.51. The zero-order chi connectivity index (χ0) is 21.2. The Labute approximate surface area is 168 Å². The fourth-order valence-electron chi connectivity index (χ4n) is 2.67. The summed E-state index contributed by atoms with van der Waals surface area (Å²) in [5.41, 5.74) is 0.882. The van der Waals surface area contributed by atoms with Gasteiger partial charge in [0.05, 0.1) is 29.1 Å². The number of carbonyl (C=O) groups is 1. The summed E-state index contributed by atoms with van der Waals surface area (Å²) in [6.07, 6.45) is -4.61. The fourth-order valence-corrected chi connectivity index (χ4v) is 3.50. The molecule has 0 radical (unpaired) electrons. The molecule has 1 aromatic heterocycles. The van der Waals surface area contributed by atoms with Crippen molar-refractivity contribution in [2.75, 3.05) is 24.3 Å². The second-order valence-corrected chi connectivity index (χ2v) is 7.36. The quantitative estimate of drug-likeness (QED) is 0.573. The largest absolute Gasteiger partial charge is 0.416 e. The molecule has 0 aliphatic heterocycles. The van der Waals surface area contributed by atoms with Gasteiger partial charge in [0.1, 0.15) is 10.8 Å². The standard InChI is InChI=1S/C20H17F4N3OS/c1-27(2)17-8-5-13(20(22,23)24)9-16(17)26-18(28)10-15-11-29-19(25-15)12-3-6-14(21)7-4-12/h3-9,11H,10H2,1-2H3,(H,26,28). The minimum Gasteiger partial charge on any atom is -0.376 e. The van der Waals surface area contributed by atoms with E-state index in [0.717, 1.165) is 17.7 Å². The van der Waals surface area contributed by atoms with Gasteiger partial charge in [-0.05, 0) is 42.5 Å². The Bertz CT molecular complexity index is 1010. The molecule has 152 valence electrons. The lowest BCUT2D eigenvalue weighted by Gasteiger charge is -2.19. The Hall–Kier alpha value is -2.94. The van der Waals surface area contributed by atoms with Crippen LogP contribution < -0.4 is 10.2 Å². The van der Waals surface area contributed by atoms with Crippen LogP contribution in [0.5, 0.6) is 0 Å². The van der Waals surface area contributed by atoms with Crippen LogP contribution in [0.1, 0.15) is 11.3 Å². The van der Waals surface area contributed by atoms with Gasteiger partial charge in [-0.1, -0.05) is 0 Å².